The van der Waals surface area contributed by atoms with Crippen molar-refractivity contribution in [1.82, 2.24) is 5.32 Å². The molecule has 3 N–H and O–H groups in total. The maximum atomic E-state index is 11.1. The number of carbonyl (C=O) groups excluding carboxylic acids is 1. The molecule has 1 fully saturated rings. The van der Waals surface area contributed by atoms with Crippen molar-refractivity contribution in [2.75, 3.05) is 0 Å². The van der Waals surface area contributed by atoms with Gasteiger partial charge in [-0.2, -0.15) is 0 Å². The van der Waals surface area contributed by atoms with Crippen molar-refractivity contribution in [2.24, 2.45) is 0 Å². The Morgan fingerprint density at radius 1 is 1.38 bits per heavy atom. The van der Waals surface area contributed by atoms with Gasteiger partial charge in [0.2, 0.25) is 5.91 Å². The summed E-state index contributed by atoms with van der Waals surface area (Å²) in [5, 5.41) is 20.6. The molecular formula is C11H11NO4. The number of amides is 1. The number of phenols is 1. The van der Waals surface area contributed by atoms with Gasteiger partial charge in [-0.05, 0) is 17.7 Å². The van der Waals surface area contributed by atoms with Crippen LogP contribution in [0.2, 0.25) is 0 Å². The van der Waals surface area contributed by atoms with Crippen LogP contribution in [0.3, 0.4) is 0 Å². The van der Waals surface area contributed by atoms with Crippen LogP contribution in [0.1, 0.15) is 12.0 Å². The predicted molar refractivity (Wildman–Crippen MR) is 54.9 cm³/mol. The van der Waals surface area contributed by atoms with Crippen LogP contribution in [0, 0.1) is 0 Å². The molecule has 0 spiro atoms. The fraction of sp³-hybridized carbons (Fsp3) is 0.273. The van der Waals surface area contributed by atoms with Crippen molar-refractivity contribution in [3.63, 3.8) is 0 Å². The third-order valence-corrected chi connectivity index (χ3v) is 2.69. The number of hydrogen-bond acceptors (Lipinski definition) is 3. The molecule has 5 heteroatoms. The van der Waals surface area contributed by atoms with Gasteiger partial charge in [0.15, 0.2) is 5.54 Å². The van der Waals surface area contributed by atoms with Crippen molar-refractivity contribution in [3.05, 3.63) is 29.8 Å². The molecule has 0 aliphatic carbocycles. The molecule has 1 atom stereocenters. The minimum atomic E-state index is -1.17. The Morgan fingerprint density at radius 2 is 1.94 bits per heavy atom. The van der Waals surface area contributed by atoms with Crippen molar-refractivity contribution in [1.29, 1.82) is 0 Å². The Hall–Kier alpha value is -2.04. The van der Waals surface area contributed by atoms with E-state index in [4.69, 9.17) is 10.2 Å². The first-order chi connectivity index (χ1) is 7.52. The molecule has 0 radical (unpaired) electrons. The fourth-order valence-corrected chi connectivity index (χ4v) is 1.80. The van der Waals surface area contributed by atoms with Crippen molar-refractivity contribution < 1.29 is 19.8 Å². The number of carbonyl (C=O) groups is 2. The monoisotopic (exact) mass is 221 g/mol. The lowest BCUT2D eigenvalue weighted by Gasteiger charge is -2.38. The van der Waals surface area contributed by atoms with Crippen LogP contribution in [-0.4, -0.2) is 27.6 Å². The summed E-state index contributed by atoms with van der Waals surface area (Å²) in [6, 6.07) is 6.27. The molecule has 0 aromatic heterocycles. The number of rotatable bonds is 3. The zero-order valence-electron chi connectivity index (χ0n) is 8.43. The van der Waals surface area contributed by atoms with Gasteiger partial charge in [-0.1, -0.05) is 12.1 Å². The van der Waals surface area contributed by atoms with Crippen molar-refractivity contribution in [3.8, 4) is 5.75 Å². The minimum Gasteiger partial charge on any atom is -0.508 e. The molecule has 1 aliphatic heterocycles. The van der Waals surface area contributed by atoms with E-state index in [0.717, 1.165) is 5.56 Å². The van der Waals surface area contributed by atoms with Gasteiger partial charge >= 0.3 is 5.97 Å². The zero-order chi connectivity index (χ0) is 11.8. The first kappa shape index (κ1) is 10.5. The maximum Gasteiger partial charge on any atom is 0.330 e. The number of nitrogens with one attached hydrogen (secondary N) is 1. The van der Waals surface area contributed by atoms with Crippen molar-refractivity contribution >= 4 is 11.9 Å². The first-order valence-electron chi connectivity index (χ1n) is 4.84. The molecule has 1 aromatic rings. The maximum absolute atomic E-state index is 11.1. The van der Waals surface area contributed by atoms with E-state index in [9.17, 15) is 9.59 Å². The summed E-state index contributed by atoms with van der Waals surface area (Å²) in [7, 11) is 0. The molecular weight excluding hydrogens is 210 g/mol. The second kappa shape index (κ2) is 3.52. The van der Waals surface area contributed by atoms with E-state index in [1.54, 1.807) is 12.1 Å². The number of benzene rings is 1. The molecule has 0 bridgehead atoms. The number of β-lactam (4-membered cyclic amide) rings is 1. The highest BCUT2D eigenvalue weighted by Gasteiger charge is 2.49. The highest BCUT2D eigenvalue weighted by atomic mass is 16.4. The van der Waals surface area contributed by atoms with Crippen molar-refractivity contribution in [2.45, 2.75) is 18.4 Å². The van der Waals surface area contributed by atoms with Gasteiger partial charge in [-0.3, -0.25) is 4.79 Å². The molecule has 16 heavy (non-hydrogen) atoms. The summed E-state index contributed by atoms with van der Waals surface area (Å²) in [5.41, 5.74) is -0.408. The first-order valence-corrected chi connectivity index (χ1v) is 4.84. The topological polar surface area (TPSA) is 86.6 Å². The molecule has 5 nitrogen and oxygen atoms in total. The average molecular weight is 221 g/mol. The molecule has 84 valence electrons. The van der Waals surface area contributed by atoms with Crippen LogP contribution in [0.15, 0.2) is 24.3 Å². The molecule has 2 rings (SSSR count). The van der Waals surface area contributed by atoms with E-state index >= 15 is 0 Å². The summed E-state index contributed by atoms with van der Waals surface area (Å²) >= 11 is 0. The van der Waals surface area contributed by atoms with Crippen LogP contribution in [0.4, 0.5) is 0 Å². The highest BCUT2D eigenvalue weighted by molar-refractivity contribution is 5.98. The van der Waals surface area contributed by atoms with Crippen LogP contribution < -0.4 is 5.32 Å². The normalized spacial score (nSPS) is 23.4. The summed E-state index contributed by atoms with van der Waals surface area (Å²) < 4.78 is 0. The molecule has 1 aromatic carbocycles. The van der Waals surface area contributed by atoms with Gasteiger partial charge in [0.25, 0.3) is 0 Å². The van der Waals surface area contributed by atoms with Gasteiger partial charge in [-0.25, -0.2) is 4.79 Å². The minimum absolute atomic E-state index is 0.00318. The summed E-state index contributed by atoms with van der Waals surface area (Å²) in [4.78, 5) is 21.9. The molecule has 0 saturated carbocycles. The number of aliphatic carboxylic acids is 1. The van der Waals surface area contributed by atoms with Crippen LogP contribution in [-0.2, 0) is 16.0 Å². The van der Waals surface area contributed by atoms with E-state index in [1.165, 1.54) is 12.1 Å². The summed E-state index contributed by atoms with van der Waals surface area (Å²) in [6.07, 6.45) is 0.234. The summed E-state index contributed by atoms with van der Waals surface area (Å²) in [6.45, 7) is 0. The molecule has 1 saturated heterocycles. The van der Waals surface area contributed by atoms with Crippen LogP contribution in [0.25, 0.3) is 0 Å². The van der Waals surface area contributed by atoms with Crippen LogP contribution >= 0.6 is 0 Å². The smallest absolute Gasteiger partial charge is 0.330 e. The van der Waals surface area contributed by atoms with Gasteiger partial charge in [-0.15, -0.1) is 0 Å². The Labute approximate surface area is 91.7 Å². The van der Waals surface area contributed by atoms with Gasteiger partial charge in [0, 0.05) is 6.42 Å². The Kier molecular flexibility index (Phi) is 2.30. The molecule has 0 unspecified atom stereocenters. The average Bonchev–Trinajstić information content (AvgIpc) is 2.18. The van der Waals surface area contributed by atoms with E-state index in [0.29, 0.717) is 0 Å². The van der Waals surface area contributed by atoms with E-state index < -0.39 is 11.5 Å². The lowest BCUT2D eigenvalue weighted by atomic mass is 9.81. The standard InChI is InChI=1S/C11H11NO4/c13-8-3-1-7(2-4-8)5-11(10(15)16)6-9(14)12-11/h1-4,13H,5-6H2,(H,12,14)(H,15,16)/t11-/m0/s1. The quantitative estimate of drug-likeness (QED) is 0.640. The number of phenolic OH excluding ortho intramolecular Hbond substituents is 1. The number of aromatic hydroxyl groups is 1. The Bertz CT molecular complexity index is 430. The second-order valence-corrected chi connectivity index (χ2v) is 3.96. The van der Waals surface area contributed by atoms with E-state index in [-0.39, 0.29) is 24.5 Å². The zero-order valence-corrected chi connectivity index (χ0v) is 8.43. The number of hydrogen-bond donors (Lipinski definition) is 3. The molecule has 1 aliphatic rings. The van der Waals surface area contributed by atoms with Gasteiger partial charge in [0.1, 0.15) is 5.75 Å². The summed E-state index contributed by atoms with van der Waals surface area (Å²) in [5.74, 6) is -1.15. The van der Waals surface area contributed by atoms with E-state index in [2.05, 4.69) is 5.32 Å². The number of carboxylic acid groups (broad SMARTS) is 1. The SMILES string of the molecule is O=C1C[C@@](Cc2ccc(O)cc2)(C(=O)O)N1. The number of carboxylic acids is 1. The van der Waals surface area contributed by atoms with Gasteiger partial charge < -0.3 is 15.5 Å². The van der Waals surface area contributed by atoms with Gasteiger partial charge in [0.05, 0.1) is 6.42 Å². The third-order valence-electron chi connectivity index (χ3n) is 2.69. The second-order valence-electron chi connectivity index (χ2n) is 3.96. The van der Waals surface area contributed by atoms with E-state index in [1.807, 2.05) is 0 Å². The Morgan fingerprint density at radius 3 is 2.38 bits per heavy atom. The lowest BCUT2D eigenvalue weighted by Crippen LogP contribution is -2.66. The molecule has 1 heterocycles. The Balaban J connectivity index is 2.16. The third kappa shape index (κ3) is 1.71. The lowest BCUT2D eigenvalue weighted by molar-refractivity contribution is -0.156. The molecule has 1 amide bonds. The largest absolute Gasteiger partial charge is 0.508 e. The van der Waals surface area contributed by atoms with Crippen LogP contribution in [0.5, 0.6) is 5.75 Å². The fourth-order valence-electron chi connectivity index (χ4n) is 1.80. The predicted octanol–water partition coefficient (Wildman–Crippen LogP) is 0.278. The highest BCUT2D eigenvalue weighted by Crippen LogP contribution is 2.26.